The second kappa shape index (κ2) is 9.21. The molecule has 2 aliphatic heterocycles. The number of nitrogens with zero attached hydrogens (tertiary/aromatic N) is 8. The van der Waals surface area contributed by atoms with Crippen molar-refractivity contribution in [3.05, 3.63) is 76.5 Å². The van der Waals surface area contributed by atoms with Gasteiger partial charge in [0.15, 0.2) is 22.8 Å². The highest BCUT2D eigenvalue weighted by molar-refractivity contribution is 6.33. The van der Waals surface area contributed by atoms with Gasteiger partial charge in [-0.1, -0.05) is 36.7 Å². The minimum absolute atomic E-state index is 0.0735. The highest BCUT2D eigenvalue weighted by Crippen LogP contribution is 2.40. The second-order valence-electron chi connectivity index (χ2n) is 10.1. The Bertz CT molecular complexity index is 1690. The summed E-state index contributed by atoms with van der Waals surface area (Å²) in [5.74, 6) is 1.71. The molecule has 1 unspecified atom stereocenters. The van der Waals surface area contributed by atoms with Gasteiger partial charge in [0.2, 0.25) is 0 Å². The summed E-state index contributed by atoms with van der Waals surface area (Å²) in [5.41, 5.74) is 2.36. The van der Waals surface area contributed by atoms with Crippen molar-refractivity contribution in [3.8, 4) is 5.69 Å². The van der Waals surface area contributed by atoms with Crippen molar-refractivity contribution in [1.82, 2.24) is 33.7 Å². The number of imidazole rings is 1. The summed E-state index contributed by atoms with van der Waals surface area (Å²) < 4.78 is 11.3. The molecule has 5 aromatic rings. The Balaban J connectivity index is 1.39. The van der Waals surface area contributed by atoms with Crippen LogP contribution in [-0.2, 0) is 4.74 Å². The molecule has 1 aromatic carbocycles. The maximum Gasteiger partial charge on any atom is 0.284 e. The van der Waals surface area contributed by atoms with Crippen molar-refractivity contribution < 1.29 is 4.74 Å². The van der Waals surface area contributed by atoms with Crippen LogP contribution in [0, 0.1) is 5.92 Å². The molecular formula is C27H27ClN8O2. The highest BCUT2D eigenvalue weighted by atomic mass is 35.5. The molecule has 7 rings (SSSR count). The van der Waals surface area contributed by atoms with Crippen molar-refractivity contribution in [2.24, 2.45) is 5.92 Å². The fraction of sp³-hybridized carbons (Fsp3) is 0.370. The highest BCUT2D eigenvalue weighted by Gasteiger charge is 2.37. The molecule has 3 atom stereocenters. The molecule has 194 valence electrons. The molecule has 0 saturated carbocycles. The predicted octanol–water partition coefficient (Wildman–Crippen LogP) is 4.56. The van der Waals surface area contributed by atoms with Gasteiger partial charge in [0.1, 0.15) is 18.1 Å². The zero-order valence-electron chi connectivity index (χ0n) is 20.9. The van der Waals surface area contributed by atoms with E-state index in [0.717, 1.165) is 61.5 Å². The van der Waals surface area contributed by atoms with E-state index < -0.39 is 0 Å². The molecule has 6 heterocycles. The van der Waals surface area contributed by atoms with Crippen molar-refractivity contribution in [1.29, 1.82) is 0 Å². The maximum absolute atomic E-state index is 13.8. The lowest BCUT2D eigenvalue weighted by Gasteiger charge is -2.27. The first-order valence-corrected chi connectivity index (χ1v) is 13.4. The van der Waals surface area contributed by atoms with E-state index in [2.05, 4.69) is 16.8 Å². The van der Waals surface area contributed by atoms with Crippen LogP contribution in [0.2, 0.25) is 5.02 Å². The molecule has 38 heavy (non-hydrogen) atoms. The third kappa shape index (κ3) is 3.70. The summed E-state index contributed by atoms with van der Waals surface area (Å²) in [5, 5.41) is 5.33. The van der Waals surface area contributed by atoms with Gasteiger partial charge < -0.3 is 9.64 Å². The van der Waals surface area contributed by atoms with E-state index in [1.165, 1.54) is 0 Å². The first-order valence-electron chi connectivity index (χ1n) is 13.0. The minimum Gasteiger partial charge on any atom is -0.358 e. The minimum atomic E-state index is -0.210. The Kier molecular flexibility index (Phi) is 5.66. The van der Waals surface area contributed by atoms with E-state index in [0.29, 0.717) is 22.3 Å². The molecule has 2 fully saturated rings. The van der Waals surface area contributed by atoms with E-state index in [1.807, 2.05) is 34.9 Å². The quantitative estimate of drug-likeness (QED) is 0.336. The first-order chi connectivity index (χ1) is 18.6. The molecule has 0 spiro atoms. The van der Waals surface area contributed by atoms with Crippen LogP contribution in [0.1, 0.15) is 50.7 Å². The van der Waals surface area contributed by atoms with Crippen molar-refractivity contribution >= 4 is 34.1 Å². The Morgan fingerprint density at radius 1 is 1.08 bits per heavy atom. The van der Waals surface area contributed by atoms with Gasteiger partial charge >= 0.3 is 0 Å². The number of hydrogen-bond acceptors (Lipinski definition) is 7. The molecule has 4 aromatic heterocycles. The van der Waals surface area contributed by atoms with E-state index >= 15 is 0 Å². The molecule has 0 bridgehead atoms. The average molecular weight is 531 g/mol. The molecule has 2 saturated heterocycles. The molecular weight excluding hydrogens is 504 g/mol. The van der Waals surface area contributed by atoms with Crippen LogP contribution in [0.3, 0.4) is 0 Å². The second-order valence-corrected chi connectivity index (χ2v) is 10.5. The van der Waals surface area contributed by atoms with Gasteiger partial charge in [-0.05, 0) is 49.8 Å². The zero-order valence-corrected chi connectivity index (χ0v) is 21.7. The first kappa shape index (κ1) is 23.4. The fourth-order valence-corrected chi connectivity index (χ4v) is 6.04. The van der Waals surface area contributed by atoms with Gasteiger partial charge in [-0.15, -0.1) is 0 Å². The van der Waals surface area contributed by atoms with Crippen molar-refractivity contribution in [3.63, 3.8) is 0 Å². The summed E-state index contributed by atoms with van der Waals surface area (Å²) in [6.07, 6.45) is 8.97. The van der Waals surface area contributed by atoms with Crippen LogP contribution in [0.25, 0.3) is 22.4 Å². The van der Waals surface area contributed by atoms with Crippen molar-refractivity contribution in [2.75, 3.05) is 18.1 Å². The van der Waals surface area contributed by atoms with Gasteiger partial charge in [0.25, 0.3) is 5.56 Å². The topological polar surface area (TPSA) is 95.4 Å². The Labute approximate surface area is 223 Å². The van der Waals surface area contributed by atoms with Gasteiger partial charge in [0.05, 0.1) is 23.1 Å². The number of anilines is 1. The monoisotopic (exact) mass is 530 g/mol. The number of fused-ring (bicyclic) bond motifs is 2. The number of rotatable bonds is 4. The zero-order chi connectivity index (χ0) is 25.8. The fourth-order valence-electron chi connectivity index (χ4n) is 5.82. The van der Waals surface area contributed by atoms with E-state index in [-0.39, 0.29) is 17.8 Å². The van der Waals surface area contributed by atoms with Crippen LogP contribution in [0.5, 0.6) is 0 Å². The Hall–Kier alpha value is -3.76. The maximum atomic E-state index is 13.8. The lowest BCUT2D eigenvalue weighted by Crippen LogP contribution is -2.33. The molecule has 2 aliphatic rings. The van der Waals surface area contributed by atoms with Gasteiger partial charge in [0, 0.05) is 19.3 Å². The van der Waals surface area contributed by atoms with Crippen LogP contribution in [0.15, 0.2) is 60.0 Å². The van der Waals surface area contributed by atoms with Crippen LogP contribution < -0.4 is 10.5 Å². The molecule has 11 heteroatoms. The molecule has 10 nitrogen and oxygen atoms in total. The Morgan fingerprint density at radius 2 is 1.95 bits per heavy atom. The van der Waals surface area contributed by atoms with E-state index in [9.17, 15) is 4.79 Å². The normalized spacial score (nSPS) is 22.1. The van der Waals surface area contributed by atoms with Crippen LogP contribution >= 0.6 is 11.6 Å². The predicted molar refractivity (Wildman–Crippen MR) is 144 cm³/mol. The summed E-state index contributed by atoms with van der Waals surface area (Å²) in [7, 11) is 0. The van der Waals surface area contributed by atoms with Crippen LogP contribution in [-0.4, -0.2) is 46.9 Å². The molecule has 0 radical (unpaired) electrons. The van der Waals surface area contributed by atoms with Gasteiger partial charge in [-0.2, -0.15) is 5.10 Å². The third-order valence-electron chi connectivity index (χ3n) is 7.56. The van der Waals surface area contributed by atoms with Crippen molar-refractivity contribution in [2.45, 2.75) is 44.9 Å². The largest absolute Gasteiger partial charge is 0.358 e. The number of benzene rings is 1. The summed E-state index contributed by atoms with van der Waals surface area (Å²) in [4.78, 5) is 30.1. The number of aromatic nitrogens is 7. The summed E-state index contributed by atoms with van der Waals surface area (Å²) in [6, 6.07) is 11.1. The lowest BCUT2D eigenvalue weighted by atomic mass is 10.1. The van der Waals surface area contributed by atoms with E-state index in [4.69, 9.17) is 31.4 Å². The smallest absolute Gasteiger partial charge is 0.284 e. The third-order valence-corrected chi connectivity index (χ3v) is 7.87. The van der Waals surface area contributed by atoms with Gasteiger partial charge in [-0.3, -0.25) is 13.9 Å². The Morgan fingerprint density at radius 3 is 2.76 bits per heavy atom. The van der Waals surface area contributed by atoms with Gasteiger partial charge in [-0.25, -0.2) is 19.5 Å². The molecule has 0 N–H and O–H groups in total. The number of halogens is 1. The number of hydrogen-bond donors (Lipinski definition) is 0. The number of ether oxygens (including phenoxy) is 1. The van der Waals surface area contributed by atoms with E-state index in [1.54, 1.807) is 34.0 Å². The SMILES string of the molecule is C[C@H]1C[C@@H](c2nn3ccc(Cl)c3c(=O)n2-c2ccccc2)N(c2ncnc3c2ncn3C2CCCCO2)C1. The average Bonchev–Trinajstić information content (AvgIpc) is 3.66. The molecule has 0 amide bonds. The molecule has 0 aliphatic carbocycles. The van der Waals surface area contributed by atoms with Crippen LogP contribution in [0.4, 0.5) is 5.82 Å². The standard InChI is InChI=1S/C27H27ClN8O2/c1-17-13-20(24-32-35-11-10-19(28)23(35)27(37)36(24)18-7-3-2-4-8-18)33(14-17)25-22-26(30-15-29-25)34(16-31-22)21-9-5-6-12-38-21/h2-4,7-8,10-11,15-17,20-21H,5-6,9,12-14H2,1H3/t17-,20-,21?/m0/s1. The summed E-state index contributed by atoms with van der Waals surface area (Å²) in [6.45, 7) is 3.69. The summed E-state index contributed by atoms with van der Waals surface area (Å²) >= 11 is 6.41. The lowest BCUT2D eigenvalue weighted by molar-refractivity contribution is -0.0298. The number of para-hydroxylation sites is 1.